The van der Waals surface area contributed by atoms with Gasteiger partial charge in [0.1, 0.15) is 0 Å². The summed E-state index contributed by atoms with van der Waals surface area (Å²) < 4.78 is 0. The van der Waals surface area contributed by atoms with E-state index in [1.54, 1.807) is 4.90 Å². The third-order valence-electron chi connectivity index (χ3n) is 4.46. The third-order valence-corrected chi connectivity index (χ3v) is 4.77. The van der Waals surface area contributed by atoms with E-state index in [0.717, 1.165) is 11.1 Å². The van der Waals surface area contributed by atoms with Crippen LogP contribution >= 0.6 is 11.6 Å². The number of nitrogens with two attached hydrogens (primary N) is 1. The molecule has 0 saturated carbocycles. The molecule has 27 heavy (non-hydrogen) atoms. The van der Waals surface area contributed by atoms with E-state index in [0.29, 0.717) is 13.0 Å². The van der Waals surface area contributed by atoms with Crippen LogP contribution in [0, 0.1) is 10.1 Å². The zero-order valence-corrected chi connectivity index (χ0v) is 15.0. The smallest absolute Gasteiger partial charge is 0.271 e. The van der Waals surface area contributed by atoms with Crippen LogP contribution in [0.15, 0.2) is 42.5 Å². The molecule has 2 aromatic rings. The summed E-state index contributed by atoms with van der Waals surface area (Å²) in [6.45, 7) is 0.362. The van der Waals surface area contributed by atoms with Gasteiger partial charge in [0.15, 0.2) is 0 Å². The molecule has 3 N–H and O–H groups in total. The van der Waals surface area contributed by atoms with Gasteiger partial charge in [-0.05, 0) is 23.6 Å². The number of carbonyl (C=O) groups excluding carboxylic acids is 2. The van der Waals surface area contributed by atoms with E-state index in [1.165, 1.54) is 18.2 Å². The van der Waals surface area contributed by atoms with Crippen molar-refractivity contribution in [3.63, 3.8) is 0 Å². The van der Waals surface area contributed by atoms with E-state index in [1.807, 2.05) is 24.3 Å². The molecule has 1 aliphatic heterocycles. The predicted octanol–water partition coefficient (Wildman–Crippen LogP) is 2.10. The Bertz CT molecular complexity index is 918. The van der Waals surface area contributed by atoms with Crippen LogP contribution in [0.1, 0.15) is 11.1 Å². The summed E-state index contributed by atoms with van der Waals surface area (Å²) >= 11 is 6.00. The summed E-state index contributed by atoms with van der Waals surface area (Å²) in [5, 5.41) is 13.4. The van der Waals surface area contributed by atoms with Gasteiger partial charge < -0.3 is 11.1 Å². The van der Waals surface area contributed by atoms with E-state index in [4.69, 9.17) is 17.3 Å². The van der Waals surface area contributed by atoms with Crippen LogP contribution in [0.2, 0.25) is 5.02 Å². The van der Waals surface area contributed by atoms with Gasteiger partial charge in [0, 0.05) is 18.7 Å². The minimum absolute atomic E-state index is 0.0603. The highest BCUT2D eigenvalue weighted by Crippen LogP contribution is 2.27. The summed E-state index contributed by atoms with van der Waals surface area (Å²) in [6.07, 6.45) is 0.442. The lowest BCUT2D eigenvalue weighted by Gasteiger charge is -2.34. The van der Waals surface area contributed by atoms with Crippen LogP contribution in [0.25, 0.3) is 0 Å². The minimum atomic E-state index is -0.585. The fourth-order valence-corrected chi connectivity index (χ4v) is 3.34. The molecule has 1 unspecified atom stereocenters. The van der Waals surface area contributed by atoms with E-state index in [9.17, 15) is 19.7 Å². The normalized spacial score (nSPS) is 16.4. The van der Waals surface area contributed by atoms with E-state index in [2.05, 4.69) is 5.32 Å². The Morgan fingerprint density at radius 3 is 2.59 bits per heavy atom. The number of benzene rings is 2. The molecule has 1 aliphatic rings. The van der Waals surface area contributed by atoms with Gasteiger partial charge in [-0.15, -0.1) is 0 Å². The molecule has 0 spiro atoms. The van der Waals surface area contributed by atoms with Gasteiger partial charge in [0.2, 0.25) is 11.8 Å². The van der Waals surface area contributed by atoms with Crippen molar-refractivity contribution in [3.8, 4) is 0 Å². The minimum Gasteiger partial charge on any atom is -0.368 e. The Hall–Kier alpha value is -2.97. The number of nitro benzene ring substituents is 1. The summed E-state index contributed by atoms with van der Waals surface area (Å²) in [4.78, 5) is 36.2. The molecule has 0 fully saturated rings. The molecule has 0 saturated heterocycles. The molecule has 2 aromatic carbocycles. The van der Waals surface area contributed by atoms with Crippen molar-refractivity contribution in [2.45, 2.75) is 19.0 Å². The standard InChI is InChI=1S/C18H17ClN4O4/c19-14-8-13(23(26)27)5-6-15(14)21-17(24)10-22-9-12-4-2-1-3-11(12)7-16(22)18(20)25/h1-6,8,16H,7,9-10H2,(H2,20,25)(H,21,24). The fourth-order valence-electron chi connectivity index (χ4n) is 3.12. The van der Waals surface area contributed by atoms with Crippen LogP contribution in [-0.2, 0) is 22.6 Å². The number of fused-ring (bicyclic) bond motifs is 1. The Kier molecular flexibility index (Phi) is 5.38. The van der Waals surface area contributed by atoms with E-state index < -0.39 is 22.8 Å². The number of primary amides is 1. The molecule has 2 amide bonds. The first-order chi connectivity index (χ1) is 12.8. The maximum Gasteiger partial charge on any atom is 0.271 e. The Morgan fingerprint density at radius 1 is 1.26 bits per heavy atom. The lowest BCUT2D eigenvalue weighted by molar-refractivity contribution is -0.384. The van der Waals surface area contributed by atoms with Crippen molar-refractivity contribution in [1.82, 2.24) is 4.90 Å². The highest BCUT2D eigenvalue weighted by Gasteiger charge is 2.31. The van der Waals surface area contributed by atoms with Gasteiger partial charge >= 0.3 is 0 Å². The van der Waals surface area contributed by atoms with Gasteiger partial charge in [0.25, 0.3) is 5.69 Å². The summed E-state index contributed by atoms with van der Waals surface area (Å²) in [6, 6.07) is 10.9. The first kappa shape index (κ1) is 18.8. The Morgan fingerprint density at radius 2 is 1.96 bits per heavy atom. The molecule has 0 bridgehead atoms. The van der Waals surface area contributed by atoms with E-state index in [-0.39, 0.29) is 22.9 Å². The second-order valence-electron chi connectivity index (χ2n) is 6.27. The topological polar surface area (TPSA) is 119 Å². The number of anilines is 1. The van der Waals surface area contributed by atoms with Gasteiger partial charge in [0.05, 0.1) is 28.2 Å². The number of amides is 2. The molecule has 8 nitrogen and oxygen atoms in total. The molecule has 0 radical (unpaired) electrons. The van der Waals surface area contributed by atoms with Crippen molar-refractivity contribution < 1.29 is 14.5 Å². The highest BCUT2D eigenvalue weighted by atomic mass is 35.5. The number of non-ortho nitro benzene ring substituents is 1. The predicted molar refractivity (Wildman–Crippen MR) is 100 cm³/mol. The number of rotatable bonds is 5. The lowest BCUT2D eigenvalue weighted by Crippen LogP contribution is -2.50. The number of nitrogens with one attached hydrogen (secondary N) is 1. The quantitative estimate of drug-likeness (QED) is 0.600. The van der Waals surface area contributed by atoms with Gasteiger partial charge in [-0.2, -0.15) is 0 Å². The number of nitro groups is 1. The Labute approximate surface area is 160 Å². The molecule has 0 aromatic heterocycles. The van der Waals surface area contributed by atoms with Gasteiger partial charge in [-0.1, -0.05) is 35.9 Å². The monoisotopic (exact) mass is 388 g/mol. The van der Waals surface area contributed by atoms with Crippen molar-refractivity contribution in [2.24, 2.45) is 5.73 Å². The molecule has 9 heteroatoms. The first-order valence-electron chi connectivity index (χ1n) is 8.19. The molecule has 3 rings (SSSR count). The molecule has 1 atom stereocenters. The number of carbonyl (C=O) groups is 2. The average Bonchev–Trinajstić information content (AvgIpc) is 2.62. The molecular weight excluding hydrogens is 372 g/mol. The zero-order valence-electron chi connectivity index (χ0n) is 14.2. The maximum absolute atomic E-state index is 12.4. The van der Waals surface area contributed by atoms with Crippen molar-refractivity contribution in [3.05, 3.63) is 68.7 Å². The molecule has 140 valence electrons. The second-order valence-corrected chi connectivity index (χ2v) is 6.67. The fraction of sp³-hybridized carbons (Fsp3) is 0.222. The van der Waals surface area contributed by atoms with Gasteiger partial charge in [-0.3, -0.25) is 24.6 Å². The number of hydrogen-bond acceptors (Lipinski definition) is 5. The van der Waals surface area contributed by atoms with Gasteiger partial charge in [-0.25, -0.2) is 0 Å². The van der Waals surface area contributed by atoms with Crippen molar-refractivity contribution >= 4 is 34.8 Å². The average molecular weight is 389 g/mol. The van der Waals surface area contributed by atoms with Crippen LogP contribution in [0.5, 0.6) is 0 Å². The molecular formula is C18H17ClN4O4. The van der Waals surface area contributed by atoms with Crippen molar-refractivity contribution in [2.75, 3.05) is 11.9 Å². The summed E-state index contributed by atoms with van der Waals surface area (Å²) in [7, 11) is 0. The third kappa shape index (κ3) is 4.24. The number of nitrogens with zero attached hydrogens (tertiary/aromatic N) is 2. The Balaban J connectivity index is 1.73. The molecule has 0 aliphatic carbocycles. The highest BCUT2D eigenvalue weighted by molar-refractivity contribution is 6.34. The summed E-state index contributed by atoms with van der Waals surface area (Å²) in [5.74, 6) is -0.887. The summed E-state index contributed by atoms with van der Waals surface area (Å²) in [5.41, 5.74) is 7.69. The number of halogens is 1. The first-order valence-corrected chi connectivity index (χ1v) is 8.57. The number of hydrogen-bond donors (Lipinski definition) is 2. The van der Waals surface area contributed by atoms with Crippen molar-refractivity contribution in [1.29, 1.82) is 0 Å². The largest absolute Gasteiger partial charge is 0.368 e. The lowest BCUT2D eigenvalue weighted by atomic mass is 9.93. The maximum atomic E-state index is 12.4. The zero-order chi connectivity index (χ0) is 19.6. The SMILES string of the molecule is NC(=O)C1Cc2ccccc2CN1CC(=O)Nc1ccc([N+](=O)[O-])cc1Cl. The van der Waals surface area contributed by atoms with E-state index >= 15 is 0 Å². The van der Waals surface area contributed by atoms with Crippen LogP contribution in [0.4, 0.5) is 11.4 Å². The molecule has 1 heterocycles. The van der Waals surface area contributed by atoms with Crippen LogP contribution in [0.3, 0.4) is 0 Å². The second kappa shape index (κ2) is 7.73. The van der Waals surface area contributed by atoms with Crippen LogP contribution in [-0.4, -0.2) is 34.2 Å². The van der Waals surface area contributed by atoms with Crippen LogP contribution < -0.4 is 11.1 Å².